The van der Waals surface area contributed by atoms with Crippen LogP contribution in [0.25, 0.3) is 55.7 Å². The van der Waals surface area contributed by atoms with Crippen LogP contribution in [-0.4, -0.2) is 32.1 Å². The summed E-state index contributed by atoms with van der Waals surface area (Å²) in [4.78, 5) is 11.1. The summed E-state index contributed by atoms with van der Waals surface area (Å²) in [5.74, 6) is 1.06. The van der Waals surface area contributed by atoms with Crippen molar-refractivity contribution < 1.29 is 0 Å². The molecule has 348 valence electrons. The van der Waals surface area contributed by atoms with Crippen LogP contribution in [0.3, 0.4) is 0 Å². The van der Waals surface area contributed by atoms with Crippen molar-refractivity contribution in [1.29, 1.82) is 5.26 Å². The van der Waals surface area contributed by atoms with Crippen molar-refractivity contribution in [2.45, 2.75) is 76.2 Å². The maximum Gasteiger partial charge on any atom is 0.150 e. The zero-order valence-corrected chi connectivity index (χ0v) is 40.3. The molecule has 0 bridgehead atoms. The number of aromatic nitrogens is 2. The molecule has 0 saturated carbocycles. The van der Waals surface area contributed by atoms with Gasteiger partial charge in [-0.1, -0.05) is 158 Å². The molecule has 8 aromatic rings. The number of para-hydroxylation sites is 3. The lowest BCUT2D eigenvalue weighted by Gasteiger charge is -2.47. The highest BCUT2D eigenvalue weighted by molar-refractivity contribution is 6.04. The topological polar surface area (TPSA) is 64.5 Å². The monoisotopic (exact) mass is 931 g/mol. The summed E-state index contributed by atoms with van der Waals surface area (Å²) < 4.78 is 5.05. The van der Waals surface area contributed by atoms with Crippen molar-refractivity contribution in [3.05, 3.63) is 232 Å². The van der Waals surface area contributed by atoms with E-state index in [1.165, 1.54) is 83.8 Å². The third kappa shape index (κ3) is 5.99. The summed E-state index contributed by atoms with van der Waals surface area (Å²) in [5, 5.41) is 18.5. The molecule has 5 heterocycles. The second-order valence-corrected chi connectivity index (χ2v) is 20.7. The van der Waals surface area contributed by atoms with Crippen molar-refractivity contribution in [3.8, 4) is 28.6 Å². The molecule has 2 aromatic heterocycles. The maximum absolute atomic E-state index is 11.8. The lowest BCUT2D eigenvalue weighted by atomic mass is 9.83. The number of rotatable bonds is 5. The van der Waals surface area contributed by atoms with Crippen LogP contribution in [0, 0.1) is 24.2 Å². The molecule has 7 aliphatic rings. The third-order valence-electron chi connectivity index (χ3n) is 16.9. The SMILES string of the molecule is Cc1cccc2c1N1C3=CC(n4c5c(c6ccccc64)CCc4c-5n(C5=CCCC=C5)c5ccccc45)=C(C#N)CC3C3NC(c4ccccc4)=NC(c4ccc(-c5ccccc5)cc4)N3C3=CCCC2C31. The molecule has 3 aliphatic heterocycles. The van der Waals surface area contributed by atoms with E-state index in [0.29, 0.717) is 12.3 Å². The molecule has 5 unspecified atom stereocenters. The minimum Gasteiger partial charge on any atom is -0.349 e. The van der Waals surface area contributed by atoms with Crippen LogP contribution in [0.2, 0.25) is 0 Å². The van der Waals surface area contributed by atoms with Crippen molar-refractivity contribution in [2.24, 2.45) is 10.9 Å². The number of anilines is 1. The van der Waals surface area contributed by atoms with Crippen LogP contribution >= 0.6 is 0 Å². The molecule has 0 spiro atoms. The largest absolute Gasteiger partial charge is 0.349 e. The number of hydrogen-bond donors (Lipinski definition) is 1. The number of hydrogen-bond acceptors (Lipinski definition) is 5. The van der Waals surface area contributed by atoms with Crippen LogP contribution in [0.5, 0.6) is 0 Å². The predicted octanol–water partition coefficient (Wildman–Crippen LogP) is 14.2. The first kappa shape index (κ1) is 41.4. The molecule has 1 N–H and O–H groups in total. The van der Waals surface area contributed by atoms with E-state index in [1.54, 1.807) is 0 Å². The van der Waals surface area contributed by atoms with Gasteiger partial charge in [0.1, 0.15) is 12.0 Å². The van der Waals surface area contributed by atoms with E-state index in [4.69, 9.17) is 4.99 Å². The Morgan fingerprint density at radius 1 is 0.639 bits per heavy atom. The van der Waals surface area contributed by atoms with Gasteiger partial charge in [-0.15, -0.1) is 0 Å². The Morgan fingerprint density at radius 2 is 1.32 bits per heavy atom. The Bertz CT molecular complexity index is 3810. The summed E-state index contributed by atoms with van der Waals surface area (Å²) in [6, 6.07) is 58.2. The highest BCUT2D eigenvalue weighted by Gasteiger charge is 2.55. The standard InChI is InChI=1S/C65H53N7/c1-40-17-15-26-49-50-27-16-30-56-60(50)71(59(40)49)58-38-57(70-55-29-14-12-25-48(55)52-36-35-51-47-24-11-13-28-54(47)69(61(51)62(52)70)46-22-9-4-10-23-46)45(39-66)37-53(58)65-68-63(43-20-7-3-8-21-43)67-64(72(56)65)44-33-31-42(32-34-44)41-18-5-2-6-19-41/h2-3,5-9,11-15,17-26,28-34,38,50,53,60,64-65H,4,10,16,27,35-37H2,1H3,(H,67,68). The van der Waals surface area contributed by atoms with Crippen molar-refractivity contribution in [2.75, 3.05) is 4.90 Å². The number of aryl methyl sites for hydroxylation is 3. The molecular formula is C65H53N7. The average Bonchev–Trinajstić information content (AvgIpc) is 4.07. The first-order valence-corrected chi connectivity index (χ1v) is 26.0. The van der Waals surface area contributed by atoms with E-state index in [2.05, 4.69) is 219 Å². The van der Waals surface area contributed by atoms with Crippen LogP contribution in [0.4, 0.5) is 5.69 Å². The number of allylic oxidation sites excluding steroid dienone is 8. The Kier molecular flexibility index (Phi) is 9.26. The molecule has 7 nitrogen and oxygen atoms in total. The van der Waals surface area contributed by atoms with Gasteiger partial charge < -0.3 is 24.3 Å². The van der Waals surface area contributed by atoms with Crippen LogP contribution in [-0.2, 0) is 12.8 Å². The van der Waals surface area contributed by atoms with E-state index < -0.39 is 0 Å². The quantitative estimate of drug-likeness (QED) is 0.187. The normalized spacial score (nSPS) is 22.5. The van der Waals surface area contributed by atoms with E-state index in [0.717, 1.165) is 72.3 Å². The maximum atomic E-state index is 11.8. The van der Waals surface area contributed by atoms with E-state index in [9.17, 15) is 5.26 Å². The molecule has 6 aromatic carbocycles. The molecule has 5 atom stereocenters. The Labute approximate surface area is 420 Å². The van der Waals surface area contributed by atoms with Crippen molar-refractivity contribution in [1.82, 2.24) is 19.4 Å². The number of fused-ring (bicyclic) bond motifs is 15. The van der Waals surface area contributed by atoms with Gasteiger partial charge in [0.05, 0.1) is 45.8 Å². The number of nitrogens with zero attached hydrogens (tertiary/aromatic N) is 6. The zero-order chi connectivity index (χ0) is 47.6. The summed E-state index contributed by atoms with van der Waals surface area (Å²) in [6.07, 6.45) is 18.1. The molecular weight excluding hydrogens is 879 g/mol. The molecule has 1 saturated heterocycles. The summed E-state index contributed by atoms with van der Waals surface area (Å²) in [7, 11) is 0. The van der Waals surface area contributed by atoms with Gasteiger partial charge >= 0.3 is 0 Å². The molecule has 4 aliphatic carbocycles. The van der Waals surface area contributed by atoms with Crippen molar-refractivity contribution >= 4 is 44.7 Å². The van der Waals surface area contributed by atoms with Gasteiger partial charge in [-0.05, 0) is 115 Å². The molecule has 15 rings (SSSR count). The zero-order valence-electron chi connectivity index (χ0n) is 40.3. The lowest BCUT2D eigenvalue weighted by molar-refractivity contribution is 0.120. The van der Waals surface area contributed by atoms with E-state index >= 15 is 0 Å². The number of aliphatic imine (C=N–C) groups is 1. The van der Waals surface area contributed by atoms with Crippen LogP contribution < -0.4 is 10.2 Å². The molecule has 7 heteroatoms. The van der Waals surface area contributed by atoms with Gasteiger partial charge in [0.15, 0.2) is 6.17 Å². The van der Waals surface area contributed by atoms with Gasteiger partial charge in [0.25, 0.3) is 0 Å². The van der Waals surface area contributed by atoms with Crippen LogP contribution in [0.1, 0.15) is 77.6 Å². The second-order valence-electron chi connectivity index (χ2n) is 20.7. The highest BCUT2D eigenvalue weighted by Crippen LogP contribution is 2.59. The fraction of sp³-hybridized carbons (Fsp3) is 0.200. The summed E-state index contributed by atoms with van der Waals surface area (Å²) in [5.41, 5.74) is 21.8. The fourth-order valence-corrected chi connectivity index (χ4v) is 13.9. The number of benzene rings is 6. The molecule has 72 heavy (non-hydrogen) atoms. The lowest BCUT2D eigenvalue weighted by Crippen LogP contribution is -2.57. The average molecular weight is 932 g/mol. The first-order valence-electron chi connectivity index (χ1n) is 26.0. The van der Waals surface area contributed by atoms with Gasteiger partial charge in [0.2, 0.25) is 0 Å². The summed E-state index contributed by atoms with van der Waals surface area (Å²) >= 11 is 0. The van der Waals surface area contributed by atoms with Crippen LogP contribution in [0.15, 0.2) is 204 Å². The van der Waals surface area contributed by atoms with E-state index in [-0.39, 0.29) is 24.3 Å². The molecule has 0 amide bonds. The Balaban J connectivity index is 0.980. The minimum absolute atomic E-state index is 0.0503. The number of nitriles is 1. The van der Waals surface area contributed by atoms with Gasteiger partial charge in [0, 0.05) is 51.0 Å². The van der Waals surface area contributed by atoms with Gasteiger partial charge in [-0.2, -0.15) is 5.26 Å². The Morgan fingerprint density at radius 3 is 2.04 bits per heavy atom. The fourth-order valence-electron chi connectivity index (χ4n) is 13.9. The van der Waals surface area contributed by atoms with Gasteiger partial charge in [-0.25, -0.2) is 4.99 Å². The first-order chi connectivity index (χ1) is 35.6. The smallest absolute Gasteiger partial charge is 0.150 e. The number of amidine groups is 1. The molecule has 0 radical (unpaired) electrons. The Hall–Kier alpha value is -8.34. The van der Waals surface area contributed by atoms with Gasteiger partial charge in [-0.3, -0.25) is 0 Å². The third-order valence-corrected chi connectivity index (χ3v) is 16.9. The summed E-state index contributed by atoms with van der Waals surface area (Å²) in [6.45, 7) is 2.30. The highest BCUT2D eigenvalue weighted by atomic mass is 15.4. The predicted molar refractivity (Wildman–Crippen MR) is 292 cm³/mol. The molecule has 1 fully saturated rings. The second kappa shape index (κ2) is 16.1. The minimum atomic E-state index is -0.313. The number of nitrogens with one attached hydrogen (secondary N) is 1. The van der Waals surface area contributed by atoms with E-state index in [1.807, 2.05) is 0 Å². The van der Waals surface area contributed by atoms with Crippen molar-refractivity contribution in [3.63, 3.8) is 0 Å².